The topological polar surface area (TPSA) is 291 Å². The normalized spacial score (nSPS) is 22.1. The van der Waals surface area contributed by atoms with E-state index in [0.717, 1.165) is 48.0 Å². The molecule has 0 saturated carbocycles. The molecule has 4 aromatic carbocycles. The number of nitrogens with two attached hydrogens (primary N) is 3. The summed E-state index contributed by atoms with van der Waals surface area (Å²) in [5.41, 5.74) is 20.1. The van der Waals surface area contributed by atoms with E-state index in [1.807, 2.05) is 54.6 Å². The Hall–Kier alpha value is -5.44. The van der Waals surface area contributed by atoms with Crippen molar-refractivity contribution in [3.8, 4) is 5.75 Å². The molecule has 1 saturated heterocycles. The largest absolute Gasteiger partial charge is 0.508 e. The Labute approximate surface area is 455 Å². The van der Waals surface area contributed by atoms with E-state index in [4.69, 9.17) is 17.2 Å². The Kier molecular flexibility index (Phi) is 24.0. The van der Waals surface area contributed by atoms with Crippen LogP contribution in [0.25, 0.3) is 10.8 Å². The lowest BCUT2D eigenvalue weighted by atomic mass is 9.86. The summed E-state index contributed by atoms with van der Waals surface area (Å²) in [5.74, 6) is -9.70. The number of primary amides is 1. The second-order valence-electron chi connectivity index (χ2n) is 19.9. The maximum atomic E-state index is 14.9. The van der Waals surface area contributed by atoms with E-state index in [1.54, 1.807) is 38.1 Å². The Balaban J connectivity index is 1.56. The summed E-state index contributed by atoms with van der Waals surface area (Å²) in [4.78, 5) is 114. The fraction of sp³-hybridized carbons (Fsp3) is 0.464. The monoisotopic (exact) mass is 1130 g/mol. The molecule has 1 fully saturated rings. The molecule has 75 heavy (non-hydrogen) atoms. The molecule has 1 aliphatic heterocycles. The van der Waals surface area contributed by atoms with Crippen LogP contribution in [0.15, 0.2) is 95.5 Å². The van der Waals surface area contributed by atoms with E-state index in [9.17, 15) is 48.6 Å². The number of carbonyl (C=O) groups is 8. The van der Waals surface area contributed by atoms with Crippen LogP contribution in [-0.4, -0.2) is 105 Å². The van der Waals surface area contributed by atoms with Gasteiger partial charge in [0.2, 0.25) is 23.6 Å². The quantitative estimate of drug-likeness (QED) is 0.0427. The first-order valence-electron chi connectivity index (χ1n) is 25.4. The second-order valence-corrected chi connectivity index (χ2v) is 23.4. The minimum absolute atomic E-state index is 0.0147. The fourth-order valence-electron chi connectivity index (χ4n) is 9.00. The number of phenols is 1. The number of aliphatic hydroxyl groups excluding tert-OH is 1. The molecule has 0 aromatic heterocycles. The van der Waals surface area contributed by atoms with Gasteiger partial charge >= 0.3 is 0 Å². The molecule has 4 aromatic rings. The highest BCUT2D eigenvalue weighted by Crippen LogP contribution is 2.30. The molecule has 9 atom stereocenters. The van der Waals surface area contributed by atoms with Gasteiger partial charge in [-0.05, 0) is 110 Å². The molecule has 4 amide bonds. The minimum Gasteiger partial charge on any atom is -0.508 e. The Morgan fingerprint density at radius 2 is 1.32 bits per heavy atom. The van der Waals surface area contributed by atoms with Crippen LogP contribution in [0.4, 0.5) is 0 Å². The highest BCUT2D eigenvalue weighted by molar-refractivity contribution is 9.10. The maximum Gasteiger partial charge on any atom is 0.225 e. The van der Waals surface area contributed by atoms with Crippen molar-refractivity contribution >= 4 is 95.1 Å². The number of phenolic OH excluding ortho intramolecular Hbond substituents is 1. The van der Waals surface area contributed by atoms with Gasteiger partial charge in [0, 0.05) is 53.5 Å². The van der Waals surface area contributed by atoms with Crippen molar-refractivity contribution in [3.05, 3.63) is 112 Å². The molecule has 0 radical (unpaired) electrons. The average Bonchev–Trinajstić information content (AvgIpc) is 3.37. The standard InChI is InChI=1S/C56H71BrN6O10S2/c1-32(2)43-28-51(68)46(10-6-7-21-58)61-54(71)39(22-34-12-17-41(57)18-13-34)26-50(67)47(25-35-14-19-42(65)20-15-35)62-55(72)40(27-49(66)45(59)24-36-11-16-37-8-4-5-9-38(37)23-36)30-74-75-31-48(63-56(43)73)52(69)29-44(33(3)64)53(60)70/h4-5,8-9,11-20,23,32-33,39-40,43-48,64-65H,6-7,10,21-22,24-31,58-59H2,1-3H3,(H2,60,70)(H,61,71)(H,62,72)(H,63,73)/t33?,39-,40-,43-,44-,45+,46-,47-,48-/m0/s1. The molecule has 0 aliphatic carbocycles. The van der Waals surface area contributed by atoms with Gasteiger partial charge in [0.25, 0.3) is 0 Å². The molecule has 1 heterocycles. The molecular weight excluding hydrogens is 1060 g/mol. The number of hydrogen-bond donors (Lipinski definition) is 8. The number of aromatic hydroxyl groups is 1. The number of carbonyl (C=O) groups excluding carboxylic acids is 8. The molecule has 1 aliphatic rings. The highest BCUT2D eigenvalue weighted by atomic mass is 79.9. The van der Waals surface area contributed by atoms with Crippen LogP contribution in [0.5, 0.6) is 5.75 Å². The first-order chi connectivity index (χ1) is 35.7. The van der Waals surface area contributed by atoms with Crippen LogP contribution in [-0.2, 0) is 57.6 Å². The summed E-state index contributed by atoms with van der Waals surface area (Å²) >= 11 is 3.45. The Bertz CT molecular complexity index is 2620. The maximum absolute atomic E-state index is 14.9. The molecule has 1 unspecified atom stereocenters. The number of rotatable bonds is 19. The van der Waals surface area contributed by atoms with Crippen LogP contribution in [0, 0.1) is 29.6 Å². The molecule has 5 rings (SSSR count). The van der Waals surface area contributed by atoms with Crippen LogP contribution >= 0.6 is 37.5 Å². The molecule has 0 bridgehead atoms. The third kappa shape index (κ3) is 19.0. The third-order valence-corrected chi connectivity index (χ3v) is 16.7. The first kappa shape index (κ1) is 60.4. The SMILES string of the molecule is CC(C)[C@@H]1CC(=O)[C@H](CCCCN)NC(=O)[C@@H](Cc2ccc(Br)cc2)CC(=O)[C@H](Cc2ccc(O)cc2)NC(=O)[C@@H](CC(=O)[C@H](N)Cc2ccc3ccccc3c2)CSSC[C@@H](C(=O)C[C@H](C(N)=O)C(C)O)NC1=O. The molecular formula is C56H71BrN6O10S2. The second kappa shape index (κ2) is 29.8. The summed E-state index contributed by atoms with van der Waals surface area (Å²) in [6.45, 7) is 5.16. The lowest BCUT2D eigenvalue weighted by molar-refractivity contribution is -0.136. The predicted octanol–water partition coefficient (Wildman–Crippen LogP) is 5.47. The van der Waals surface area contributed by atoms with Gasteiger partial charge in [-0.2, -0.15) is 0 Å². The van der Waals surface area contributed by atoms with E-state index in [2.05, 4.69) is 31.9 Å². The van der Waals surface area contributed by atoms with Gasteiger partial charge in [0.05, 0.1) is 42.1 Å². The van der Waals surface area contributed by atoms with Crippen LogP contribution < -0.4 is 33.2 Å². The van der Waals surface area contributed by atoms with Crippen molar-refractivity contribution in [1.29, 1.82) is 0 Å². The zero-order valence-electron chi connectivity index (χ0n) is 42.7. The number of Topliss-reactive ketones (excluding diaryl/α,β-unsaturated/α-hetero) is 4. The number of ketones is 4. The average molecular weight is 1130 g/mol. The molecule has 19 heteroatoms. The smallest absolute Gasteiger partial charge is 0.225 e. The summed E-state index contributed by atoms with van der Waals surface area (Å²) < 4.78 is 0.790. The van der Waals surface area contributed by atoms with E-state index < -0.39 is 113 Å². The van der Waals surface area contributed by atoms with Crippen molar-refractivity contribution < 1.29 is 48.6 Å². The predicted molar refractivity (Wildman–Crippen MR) is 297 cm³/mol. The number of benzene rings is 4. The summed E-state index contributed by atoms with van der Waals surface area (Å²) in [6, 6.07) is 22.3. The van der Waals surface area contributed by atoms with Crippen molar-refractivity contribution in [1.82, 2.24) is 16.0 Å². The van der Waals surface area contributed by atoms with E-state index >= 15 is 0 Å². The van der Waals surface area contributed by atoms with Crippen molar-refractivity contribution in [2.24, 2.45) is 46.8 Å². The number of hydrogen-bond acceptors (Lipinski definition) is 14. The molecule has 404 valence electrons. The zero-order valence-corrected chi connectivity index (χ0v) is 45.9. The number of halogens is 1. The van der Waals surface area contributed by atoms with Crippen molar-refractivity contribution in [2.45, 2.75) is 115 Å². The van der Waals surface area contributed by atoms with Crippen LogP contribution in [0.3, 0.4) is 0 Å². The van der Waals surface area contributed by atoms with Gasteiger partial charge in [-0.25, -0.2) is 0 Å². The fourth-order valence-corrected chi connectivity index (χ4v) is 11.8. The lowest BCUT2D eigenvalue weighted by Gasteiger charge is -2.28. The van der Waals surface area contributed by atoms with Gasteiger partial charge in [-0.1, -0.05) is 118 Å². The third-order valence-electron chi connectivity index (χ3n) is 13.7. The van der Waals surface area contributed by atoms with Gasteiger partial charge in [0.1, 0.15) is 5.75 Å². The van der Waals surface area contributed by atoms with Crippen molar-refractivity contribution in [3.63, 3.8) is 0 Å². The number of nitrogens with one attached hydrogen (secondary N) is 3. The number of amides is 4. The van der Waals surface area contributed by atoms with Gasteiger partial charge in [-0.3, -0.25) is 38.4 Å². The van der Waals surface area contributed by atoms with Gasteiger partial charge < -0.3 is 43.4 Å². The van der Waals surface area contributed by atoms with E-state index in [0.29, 0.717) is 24.9 Å². The summed E-state index contributed by atoms with van der Waals surface area (Å²) in [6.07, 6.45) is -1.40. The number of fused-ring (bicyclic) bond motifs is 1. The molecule has 16 nitrogen and oxygen atoms in total. The zero-order chi connectivity index (χ0) is 54.8. The van der Waals surface area contributed by atoms with Crippen LogP contribution in [0.1, 0.15) is 82.4 Å². The van der Waals surface area contributed by atoms with Crippen molar-refractivity contribution in [2.75, 3.05) is 18.1 Å². The number of aliphatic hydroxyl groups is 1. The first-order valence-corrected chi connectivity index (χ1v) is 28.7. The van der Waals surface area contributed by atoms with E-state index in [1.165, 1.54) is 19.1 Å². The highest BCUT2D eigenvalue weighted by Gasteiger charge is 2.37. The molecule has 0 spiro atoms. The van der Waals surface area contributed by atoms with Gasteiger partial charge in [0.15, 0.2) is 23.1 Å². The Morgan fingerprint density at radius 1 is 0.720 bits per heavy atom. The number of unbranched alkanes of at least 4 members (excludes halogenated alkanes) is 1. The van der Waals surface area contributed by atoms with Gasteiger partial charge in [-0.15, -0.1) is 0 Å². The minimum atomic E-state index is -1.28. The summed E-state index contributed by atoms with van der Waals surface area (Å²) in [7, 11) is 2.26. The lowest BCUT2D eigenvalue weighted by Crippen LogP contribution is -2.50. The van der Waals surface area contributed by atoms with E-state index in [-0.39, 0.29) is 62.2 Å². The van der Waals surface area contributed by atoms with Crippen LogP contribution in [0.2, 0.25) is 0 Å². The summed E-state index contributed by atoms with van der Waals surface area (Å²) in [5, 5.41) is 31.1. The Morgan fingerprint density at radius 3 is 1.97 bits per heavy atom. The molecule has 11 N–H and O–H groups in total.